The summed E-state index contributed by atoms with van der Waals surface area (Å²) in [5.41, 5.74) is 0. The number of alkyl halides is 1. The van der Waals surface area contributed by atoms with Crippen LogP contribution in [0.25, 0.3) is 0 Å². The summed E-state index contributed by atoms with van der Waals surface area (Å²) >= 11 is 5.17. The van der Waals surface area contributed by atoms with E-state index in [9.17, 15) is 4.79 Å². The predicted octanol–water partition coefficient (Wildman–Crippen LogP) is 0.0306. The Morgan fingerprint density at radius 1 is 2.00 bits per heavy atom. The molecule has 0 aliphatic heterocycles. The Hall–Kier alpha value is -0.280. The molecule has 2 N–H and O–H groups in total. The smallest absolute Gasteiger partial charge is 0.342 e. The lowest BCUT2D eigenvalue weighted by Gasteiger charge is -1.94. The maximum Gasteiger partial charge on any atom is 0.342 e. The summed E-state index contributed by atoms with van der Waals surface area (Å²) in [6.45, 7) is 1.48. The van der Waals surface area contributed by atoms with Crippen molar-refractivity contribution in [2.45, 2.75) is 12.3 Å². The molecule has 0 saturated carbocycles. The molecule has 3 nitrogen and oxygen atoms in total. The molecule has 0 heterocycles. The first kappa shape index (κ1) is 6.72. The van der Waals surface area contributed by atoms with Crippen LogP contribution < -0.4 is 5.90 Å². The summed E-state index contributed by atoms with van der Waals surface area (Å²) in [5, 5.41) is -0.648. The van der Waals surface area contributed by atoms with Gasteiger partial charge in [0.15, 0.2) is 0 Å². The van der Waals surface area contributed by atoms with E-state index < -0.39 is 11.3 Å². The summed E-state index contributed by atoms with van der Waals surface area (Å²) in [6.07, 6.45) is 0. The van der Waals surface area contributed by atoms with Gasteiger partial charge in [-0.2, -0.15) is 5.90 Å². The van der Waals surface area contributed by atoms with Crippen molar-refractivity contribution in [3.05, 3.63) is 0 Å². The van der Waals surface area contributed by atoms with Gasteiger partial charge < -0.3 is 4.84 Å². The molecule has 7 heavy (non-hydrogen) atoms. The Bertz CT molecular complexity index is 73.3. The maximum absolute atomic E-state index is 10.0. The van der Waals surface area contributed by atoms with Gasteiger partial charge in [-0.25, -0.2) is 4.79 Å². The number of halogens is 1. The fourth-order valence-electron chi connectivity index (χ4n) is 0.0938. The molecule has 0 aliphatic carbocycles. The third-order valence-electron chi connectivity index (χ3n) is 0.441. The van der Waals surface area contributed by atoms with Crippen LogP contribution in [0.4, 0.5) is 0 Å². The Labute approximate surface area is 46.3 Å². The quantitative estimate of drug-likeness (QED) is 0.395. The molecule has 0 aliphatic rings. The van der Waals surface area contributed by atoms with Gasteiger partial charge in [-0.3, -0.25) is 0 Å². The Morgan fingerprint density at radius 3 is 2.43 bits per heavy atom. The molecule has 0 aromatic carbocycles. The van der Waals surface area contributed by atoms with Gasteiger partial charge in [-0.1, -0.05) is 0 Å². The molecule has 4 heteroatoms. The van der Waals surface area contributed by atoms with Crippen LogP contribution in [0.3, 0.4) is 0 Å². The number of carbonyl (C=O) groups is 1. The van der Waals surface area contributed by atoms with Crippen LogP contribution in [0, 0.1) is 0 Å². The number of nitrogens with two attached hydrogens (primary N) is 1. The standard InChI is InChI=1S/C3H6ClNO2/c1-2(4)3(6)7-5/h2H,5H2,1H3/t2-/m1/s1. The van der Waals surface area contributed by atoms with Crippen LogP contribution in [-0.2, 0) is 9.63 Å². The van der Waals surface area contributed by atoms with Crippen LogP contribution in [0.15, 0.2) is 0 Å². The lowest BCUT2D eigenvalue weighted by Crippen LogP contribution is -2.17. The van der Waals surface area contributed by atoms with E-state index in [0.29, 0.717) is 0 Å². The molecule has 0 rings (SSSR count). The van der Waals surface area contributed by atoms with E-state index in [-0.39, 0.29) is 0 Å². The minimum absolute atomic E-state index is 0.610. The number of hydrogen-bond donors (Lipinski definition) is 1. The summed E-state index contributed by atoms with van der Waals surface area (Å²) in [7, 11) is 0. The number of rotatable bonds is 1. The van der Waals surface area contributed by atoms with Crippen LogP contribution in [0.2, 0.25) is 0 Å². The number of carbonyl (C=O) groups excluding carboxylic acids is 1. The summed E-state index contributed by atoms with van der Waals surface area (Å²) in [5.74, 6) is 3.83. The van der Waals surface area contributed by atoms with E-state index in [0.717, 1.165) is 0 Å². The van der Waals surface area contributed by atoms with Crippen molar-refractivity contribution in [3.63, 3.8) is 0 Å². The van der Waals surface area contributed by atoms with E-state index >= 15 is 0 Å². The summed E-state index contributed by atoms with van der Waals surface area (Å²) in [4.78, 5) is 13.8. The third-order valence-corrected chi connectivity index (χ3v) is 0.619. The highest BCUT2D eigenvalue weighted by Crippen LogP contribution is 1.92. The Kier molecular flexibility index (Phi) is 2.71. The molecule has 0 spiro atoms. The van der Waals surface area contributed by atoms with Gasteiger partial charge in [0.2, 0.25) is 0 Å². The van der Waals surface area contributed by atoms with Gasteiger partial charge in [-0.05, 0) is 6.92 Å². The molecule has 0 saturated heterocycles. The lowest BCUT2D eigenvalue weighted by atomic mass is 10.5. The van der Waals surface area contributed by atoms with Crippen LogP contribution in [-0.4, -0.2) is 11.3 Å². The first-order valence-corrected chi connectivity index (χ1v) is 2.16. The average Bonchev–Trinajstić information content (AvgIpc) is 1.65. The van der Waals surface area contributed by atoms with Crippen molar-refractivity contribution in [2.75, 3.05) is 0 Å². The molecule has 0 aromatic rings. The van der Waals surface area contributed by atoms with Crippen molar-refractivity contribution in [2.24, 2.45) is 5.90 Å². The second-order valence-corrected chi connectivity index (χ2v) is 1.71. The minimum Gasteiger partial charge on any atom is -0.372 e. The largest absolute Gasteiger partial charge is 0.372 e. The highest BCUT2D eigenvalue weighted by molar-refractivity contribution is 6.29. The molecular formula is C3H6ClNO2. The zero-order valence-corrected chi connectivity index (χ0v) is 4.61. The molecule has 0 amide bonds. The second-order valence-electron chi connectivity index (χ2n) is 1.05. The molecule has 42 valence electrons. The molecule has 0 fully saturated rings. The summed E-state index contributed by atoms with van der Waals surface area (Å²) in [6, 6.07) is 0. The topological polar surface area (TPSA) is 52.3 Å². The van der Waals surface area contributed by atoms with Crippen LogP contribution >= 0.6 is 11.6 Å². The van der Waals surface area contributed by atoms with E-state index in [4.69, 9.17) is 11.6 Å². The average molecular weight is 124 g/mol. The first-order chi connectivity index (χ1) is 3.18. The van der Waals surface area contributed by atoms with Gasteiger partial charge >= 0.3 is 5.97 Å². The molecule has 0 radical (unpaired) electrons. The van der Waals surface area contributed by atoms with Crippen molar-refractivity contribution < 1.29 is 9.63 Å². The van der Waals surface area contributed by atoms with Crippen molar-refractivity contribution >= 4 is 17.6 Å². The van der Waals surface area contributed by atoms with Crippen LogP contribution in [0.1, 0.15) is 6.92 Å². The monoisotopic (exact) mass is 123 g/mol. The minimum atomic E-state index is -0.648. The third kappa shape index (κ3) is 2.42. The molecule has 0 aromatic heterocycles. The van der Waals surface area contributed by atoms with Gasteiger partial charge in [0.1, 0.15) is 5.38 Å². The Morgan fingerprint density at radius 2 is 2.43 bits per heavy atom. The van der Waals surface area contributed by atoms with Crippen molar-refractivity contribution in [1.29, 1.82) is 0 Å². The van der Waals surface area contributed by atoms with Crippen LogP contribution in [0.5, 0.6) is 0 Å². The van der Waals surface area contributed by atoms with Gasteiger partial charge in [0.25, 0.3) is 0 Å². The van der Waals surface area contributed by atoms with Crippen molar-refractivity contribution in [1.82, 2.24) is 0 Å². The highest BCUT2D eigenvalue weighted by Gasteiger charge is 2.07. The van der Waals surface area contributed by atoms with E-state index in [1.807, 2.05) is 0 Å². The zero-order chi connectivity index (χ0) is 5.86. The van der Waals surface area contributed by atoms with Crippen molar-refractivity contribution in [3.8, 4) is 0 Å². The van der Waals surface area contributed by atoms with Gasteiger partial charge in [0.05, 0.1) is 0 Å². The molecule has 0 unspecified atom stereocenters. The van der Waals surface area contributed by atoms with Gasteiger partial charge in [0, 0.05) is 0 Å². The second kappa shape index (κ2) is 2.82. The number of hydrogen-bond acceptors (Lipinski definition) is 3. The predicted molar refractivity (Wildman–Crippen MR) is 25.6 cm³/mol. The van der Waals surface area contributed by atoms with E-state index in [2.05, 4.69) is 10.7 Å². The van der Waals surface area contributed by atoms with Gasteiger partial charge in [-0.15, -0.1) is 11.6 Å². The fraction of sp³-hybridized carbons (Fsp3) is 0.667. The molecular weight excluding hydrogens is 117 g/mol. The normalized spacial score (nSPS) is 13.0. The van der Waals surface area contributed by atoms with E-state index in [1.165, 1.54) is 6.92 Å². The maximum atomic E-state index is 10.0. The van der Waals surface area contributed by atoms with E-state index in [1.54, 1.807) is 0 Å². The summed E-state index contributed by atoms with van der Waals surface area (Å²) < 4.78 is 0. The molecule has 0 bridgehead atoms. The Balaban J connectivity index is 3.35. The SMILES string of the molecule is C[C@@H](Cl)C(=O)ON. The first-order valence-electron chi connectivity index (χ1n) is 1.73. The fourth-order valence-corrected chi connectivity index (χ4v) is 0.145. The highest BCUT2D eigenvalue weighted by atomic mass is 35.5. The lowest BCUT2D eigenvalue weighted by molar-refractivity contribution is -0.143. The molecule has 1 atom stereocenters. The zero-order valence-electron chi connectivity index (χ0n) is 3.85.